The molecule has 5 aromatic rings. The first kappa shape index (κ1) is 30.8. The molecule has 0 spiro atoms. The Kier molecular flexibility index (Phi) is 8.44. The van der Waals surface area contributed by atoms with Crippen LogP contribution in [0, 0.1) is 13.8 Å². The van der Waals surface area contributed by atoms with E-state index in [1.807, 2.05) is 26.0 Å². The van der Waals surface area contributed by atoms with Crippen LogP contribution in [0.25, 0.3) is 0 Å². The Morgan fingerprint density at radius 1 is 0.911 bits per heavy atom. The number of benzene rings is 2. The van der Waals surface area contributed by atoms with Crippen molar-refractivity contribution in [3.63, 3.8) is 0 Å². The molecule has 1 fully saturated rings. The van der Waals surface area contributed by atoms with E-state index in [2.05, 4.69) is 9.97 Å². The molecule has 2 aromatic carbocycles. The lowest BCUT2D eigenvalue weighted by Crippen LogP contribution is -2.38. The predicted molar refractivity (Wildman–Crippen MR) is 172 cm³/mol. The minimum Gasteiger partial charge on any atom is -0.339 e. The van der Waals surface area contributed by atoms with Crippen molar-refractivity contribution in [2.75, 3.05) is 10.8 Å². The molecule has 1 amide bonds. The van der Waals surface area contributed by atoms with Gasteiger partial charge in [-0.15, -0.1) is 11.3 Å². The molecule has 1 aliphatic heterocycles. The normalized spacial score (nSPS) is 15.7. The molecule has 45 heavy (non-hydrogen) atoms. The largest absolute Gasteiger partial charge is 0.339 e. The lowest BCUT2D eigenvalue weighted by Gasteiger charge is -2.23. The van der Waals surface area contributed by atoms with Gasteiger partial charge in [0.2, 0.25) is 15.2 Å². The van der Waals surface area contributed by atoms with Gasteiger partial charge in [-0.3, -0.25) is 9.78 Å². The number of sulfonamides is 2. The van der Waals surface area contributed by atoms with Crippen LogP contribution >= 0.6 is 11.3 Å². The zero-order valence-electron chi connectivity index (χ0n) is 24.6. The van der Waals surface area contributed by atoms with Crippen LogP contribution in [0.15, 0.2) is 107 Å². The second-order valence-electron chi connectivity index (χ2n) is 10.9. The molecule has 0 aliphatic carbocycles. The lowest BCUT2D eigenvalue weighted by atomic mass is 10.2. The first-order valence-corrected chi connectivity index (χ1v) is 18.1. The van der Waals surface area contributed by atoms with Crippen LogP contribution < -0.4 is 4.31 Å². The summed E-state index contributed by atoms with van der Waals surface area (Å²) in [7, 11) is -8.24. The second kappa shape index (κ2) is 12.3. The minimum absolute atomic E-state index is 0.0603. The molecule has 0 unspecified atom stereocenters. The van der Waals surface area contributed by atoms with E-state index in [-0.39, 0.29) is 20.6 Å². The van der Waals surface area contributed by atoms with Crippen LogP contribution in [0.2, 0.25) is 0 Å². The number of aromatic nitrogens is 3. The van der Waals surface area contributed by atoms with Crippen LogP contribution in [0.5, 0.6) is 0 Å². The number of thiazole rings is 1. The molecular formula is C32H31N5O5S3. The summed E-state index contributed by atoms with van der Waals surface area (Å²) >= 11 is 0.991. The third-order valence-electron chi connectivity index (χ3n) is 7.75. The summed E-state index contributed by atoms with van der Waals surface area (Å²) in [4.78, 5) is 23.0. The summed E-state index contributed by atoms with van der Waals surface area (Å²) in [6.45, 7) is 4.36. The minimum atomic E-state index is -4.41. The highest BCUT2D eigenvalue weighted by Gasteiger charge is 2.40. The molecular weight excluding hydrogens is 631 g/mol. The summed E-state index contributed by atoms with van der Waals surface area (Å²) in [6.07, 6.45) is 6.15. The number of nitrogens with zero attached hydrogens (tertiary/aromatic N) is 5. The van der Waals surface area contributed by atoms with E-state index < -0.39 is 32.0 Å². The average molecular weight is 662 g/mol. The number of carbonyl (C=O) groups excluding carboxylic acids is 1. The average Bonchev–Trinajstić information content (AvgIpc) is 3.80. The number of hydrogen-bond acceptors (Lipinski definition) is 8. The van der Waals surface area contributed by atoms with E-state index in [1.165, 1.54) is 16.4 Å². The van der Waals surface area contributed by atoms with Crippen molar-refractivity contribution in [1.82, 2.24) is 18.8 Å². The van der Waals surface area contributed by atoms with E-state index >= 15 is 0 Å². The quantitative estimate of drug-likeness (QED) is 0.203. The summed E-state index contributed by atoms with van der Waals surface area (Å²) in [5.41, 5.74) is 3.25. The lowest BCUT2D eigenvalue weighted by molar-refractivity contribution is 0.0997. The van der Waals surface area contributed by atoms with Crippen molar-refractivity contribution in [2.45, 2.75) is 49.1 Å². The predicted octanol–water partition coefficient (Wildman–Crippen LogP) is 5.57. The second-order valence-corrected chi connectivity index (χ2v) is 15.4. The van der Waals surface area contributed by atoms with Gasteiger partial charge in [0.15, 0.2) is 0 Å². The fourth-order valence-electron chi connectivity index (χ4n) is 5.34. The van der Waals surface area contributed by atoms with Gasteiger partial charge in [-0.2, -0.15) is 8.61 Å². The summed E-state index contributed by atoms with van der Waals surface area (Å²) in [5, 5.41) is 1.58. The Labute approximate surface area is 266 Å². The van der Waals surface area contributed by atoms with E-state index in [0.29, 0.717) is 31.6 Å². The molecule has 232 valence electrons. The summed E-state index contributed by atoms with van der Waals surface area (Å²) < 4.78 is 59.4. The maximum absolute atomic E-state index is 14.2. The topological polar surface area (TPSA) is 123 Å². The SMILES string of the molecule is Cc1ccc(S(=O)(=O)N(C(=O)c2cccn2Cc2ccncc2)c2nc([C@H]3CCCN3S(=O)(=O)c3ccc(C)cc3)cs2)cc1. The van der Waals surface area contributed by atoms with Gasteiger partial charge in [-0.25, -0.2) is 21.8 Å². The Morgan fingerprint density at radius 3 is 2.22 bits per heavy atom. The number of pyridine rings is 1. The standard InChI is InChI=1S/C32H31N5O5S3/c1-23-7-11-26(12-8-23)44(39,40)36-20-4-5-29(36)28-22-43-32(34-28)37(45(41,42)27-13-9-24(2)10-14-27)31(38)30-6-3-19-35(30)21-25-15-17-33-18-16-25/h3,6-19,22,29H,4-5,20-21H2,1-2H3/t29-/m1/s1. The molecule has 0 bridgehead atoms. The van der Waals surface area contributed by atoms with E-state index in [4.69, 9.17) is 0 Å². The van der Waals surface area contributed by atoms with Crippen LogP contribution in [0.1, 0.15) is 51.8 Å². The van der Waals surface area contributed by atoms with Gasteiger partial charge in [0.25, 0.3) is 15.9 Å². The molecule has 0 N–H and O–H groups in total. The number of anilines is 1. The molecule has 1 aliphatic rings. The number of hydrogen-bond donors (Lipinski definition) is 0. The number of rotatable bonds is 9. The maximum atomic E-state index is 14.2. The maximum Gasteiger partial charge on any atom is 0.290 e. The van der Waals surface area contributed by atoms with E-state index in [0.717, 1.165) is 32.3 Å². The molecule has 0 radical (unpaired) electrons. The third kappa shape index (κ3) is 6.08. The van der Waals surface area contributed by atoms with Crippen molar-refractivity contribution in [1.29, 1.82) is 0 Å². The monoisotopic (exact) mass is 661 g/mol. The Balaban J connectivity index is 1.39. The first-order chi connectivity index (χ1) is 21.6. The molecule has 1 saturated heterocycles. The van der Waals surface area contributed by atoms with Crippen molar-refractivity contribution in [2.24, 2.45) is 0 Å². The van der Waals surface area contributed by atoms with Gasteiger partial charge in [0.05, 0.1) is 21.5 Å². The first-order valence-electron chi connectivity index (χ1n) is 14.3. The highest BCUT2D eigenvalue weighted by molar-refractivity contribution is 7.93. The molecule has 1 atom stereocenters. The third-order valence-corrected chi connectivity index (χ3v) is 12.3. The van der Waals surface area contributed by atoms with Gasteiger partial charge in [0, 0.05) is 37.1 Å². The van der Waals surface area contributed by atoms with Crippen LogP contribution in [-0.2, 0) is 26.6 Å². The number of aryl methyl sites for hydroxylation is 2. The van der Waals surface area contributed by atoms with Crippen molar-refractivity contribution in [3.8, 4) is 0 Å². The van der Waals surface area contributed by atoms with Crippen LogP contribution in [0.4, 0.5) is 5.13 Å². The fraction of sp³-hybridized carbons (Fsp3) is 0.219. The molecule has 6 rings (SSSR count). The van der Waals surface area contributed by atoms with Crippen molar-refractivity contribution in [3.05, 3.63) is 125 Å². The molecule has 3 aromatic heterocycles. The molecule has 0 saturated carbocycles. The van der Waals surface area contributed by atoms with Crippen molar-refractivity contribution >= 4 is 42.4 Å². The van der Waals surface area contributed by atoms with Gasteiger partial charge in [-0.05, 0) is 80.8 Å². The van der Waals surface area contributed by atoms with Gasteiger partial charge in [0.1, 0.15) is 5.69 Å². The highest BCUT2D eigenvalue weighted by Crippen LogP contribution is 2.39. The van der Waals surface area contributed by atoms with E-state index in [1.54, 1.807) is 77.1 Å². The zero-order chi connectivity index (χ0) is 31.8. The zero-order valence-corrected chi connectivity index (χ0v) is 27.1. The summed E-state index contributed by atoms with van der Waals surface area (Å²) in [6, 6.07) is 19.2. The smallest absolute Gasteiger partial charge is 0.290 e. The Bertz CT molecular complexity index is 2040. The molecule has 13 heteroatoms. The fourth-order valence-corrected chi connectivity index (χ4v) is 9.46. The Hall–Kier alpha value is -4.17. The molecule has 4 heterocycles. The number of amides is 1. The Morgan fingerprint density at radius 2 is 1.56 bits per heavy atom. The van der Waals surface area contributed by atoms with Gasteiger partial charge >= 0.3 is 0 Å². The van der Waals surface area contributed by atoms with E-state index in [9.17, 15) is 21.6 Å². The van der Waals surface area contributed by atoms with Crippen LogP contribution in [0.3, 0.4) is 0 Å². The summed E-state index contributed by atoms with van der Waals surface area (Å²) in [5.74, 6) is -0.772. The van der Waals surface area contributed by atoms with Crippen LogP contribution in [-0.4, -0.2) is 48.1 Å². The van der Waals surface area contributed by atoms with Crippen molar-refractivity contribution < 1.29 is 21.6 Å². The van der Waals surface area contributed by atoms with Gasteiger partial charge < -0.3 is 4.57 Å². The number of carbonyl (C=O) groups is 1. The highest BCUT2D eigenvalue weighted by atomic mass is 32.2. The van der Waals surface area contributed by atoms with Gasteiger partial charge in [-0.1, -0.05) is 35.4 Å². The molecule has 10 nitrogen and oxygen atoms in total.